The zero-order chi connectivity index (χ0) is 24.1. The van der Waals surface area contributed by atoms with Crippen LogP contribution in [0.1, 0.15) is 10.4 Å². The van der Waals surface area contributed by atoms with E-state index >= 15 is 0 Å². The zero-order valence-electron chi connectivity index (χ0n) is 18.2. The molecule has 4 aromatic rings. The zero-order valence-corrected chi connectivity index (χ0v) is 18.2. The highest BCUT2D eigenvalue weighted by atomic mass is 19.1. The van der Waals surface area contributed by atoms with Crippen molar-refractivity contribution >= 4 is 17.6 Å². The molecule has 34 heavy (non-hydrogen) atoms. The highest BCUT2D eigenvalue weighted by Gasteiger charge is 2.26. The third-order valence-electron chi connectivity index (χ3n) is 5.08. The Morgan fingerprint density at radius 3 is 2.09 bits per heavy atom. The molecule has 0 bridgehead atoms. The number of halogens is 1. The third kappa shape index (κ3) is 4.75. The maximum atomic E-state index is 13.3. The quantitative estimate of drug-likeness (QED) is 0.440. The van der Waals surface area contributed by atoms with E-state index in [9.17, 15) is 18.8 Å². The van der Waals surface area contributed by atoms with Gasteiger partial charge in [-0.05, 0) is 29.8 Å². The van der Waals surface area contributed by atoms with Gasteiger partial charge in [0.25, 0.3) is 5.56 Å². The molecule has 0 aliphatic carbocycles. The molecule has 3 aromatic carbocycles. The monoisotopic (exact) mass is 457 g/mol. The molecular weight excluding hydrogens is 437 g/mol. The van der Waals surface area contributed by atoms with Gasteiger partial charge in [-0.3, -0.25) is 9.59 Å². The van der Waals surface area contributed by atoms with Crippen molar-refractivity contribution in [2.24, 2.45) is 0 Å². The number of anilines is 1. The minimum absolute atomic E-state index is 0.225. The molecule has 1 aromatic heterocycles. The van der Waals surface area contributed by atoms with E-state index in [1.807, 2.05) is 12.1 Å². The van der Waals surface area contributed by atoms with Crippen LogP contribution in [0.5, 0.6) is 0 Å². The molecule has 0 radical (unpaired) electrons. The summed E-state index contributed by atoms with van der Waals surface area (Å²) in [6.07, 6.45) is 0. The molecule has 0 aliphatic rings. The predicted molar refractivity (Wildman–Crippen MR) is 126 cm³/mol. The molecule has 0 saturated carbocycles. The van der Waals surface area contributed by atoms with Gasteiger partial charge in [-0.25, -0.2) is 13.9 Å². The maximum Gasteiger partial charge on any atom is 0.344 e. The highest BCUT2D eigenvalue weighted by Crippen LogP contribution is 2.32. The van der Waals surface area contributed by atoms with Gasteiger partial charge in [0, 0.05) is 16.8 Å². The Bertz CT molecular complexity index is 1390. The smallest absolute Gasteiger partial charge is 0.344 e. The van der Waals surface area contributed by atoms with E-state index in [2.05, 4.69) is 10.4 Å². The molecule has 0 spiro atoms. The molecule has 8 heteroatoms. The summed E-state index contributed by atoms with van der Waals surface area (Å²) < 4.78 is 19.0. The molecule has 1 heterocycles. The van der Waals surface area contributed by atoms with Crippen LogP contribution < -0.4 is 10.9 Å². The summed E-state index contributed by atoms with van der Waals surface area (Å²) in [5.74, 6) is -1.85. The number of aromatic nitrogens is 2. The number of methoxy groups -OCH3 is 1. The number of rotatable bonds is 6. The van der Waals surface area contributed by atoms with Crippen molar-refractivity contribution in [2.75, 3.05) is 12.4 Å². The van der Waals surface area contributed by atoms with Gasteiger partial charge >= 0.3 is 5.97 Å². The van der Waals surface area contributed by atoms with E-state index in [-0.39, 0.29) is 5.56 Å². The third-order valence-corrected chi connectivity index (χ3v) is 5.08. The molecule has 4 rings (SSSR count). The number of amides is 1. The van der Waals surface area contributed by atoms with Gasteiger partial charge in [-0.15, -0.1) is 0 Å². The lowest BCUT2D eigenvalue weighted by molar-refractivity contribution is -0.117. The molecule has 7 nitrogen and oxygen atoms in total. The Balaban J connectivity index is 1.86. The van der Waals surface area contributed by atoms with Crippen molar-refractivity contribution in [3.63, 3.8) is 0 Å². The van der Waals surface area contributed by atoms with E-state index in [0.717, 1.165) is 4.68 Å². The number of nitrogens with zero attached hydrogens (tertiary/aromatic N) is 2. The normalized spacial score (nSPS) is 10.5. The maximum absolute atomic E-state index is 13.3. The first-order valence-electron chi connectivity index (χ1n) is 10.4. The first kappa shape index (κ1) is 22.6. The number of ether oxygens (including phenoxy) is 1. The van der Waals surface area contributed by atoms with Gasteiger partial charge in [-0.1, -0.05) is 60.7 Å². The van der Waals surface area contributed by atoms with Crippen LogP contribution in [0.15, 0.2) is 89.7 Å². The molecule has 1 N–H and O–H groups in total. The largest absolute Gasteiger partial charge is 0.465 e. The van der Waals surface area contributed by atoms with Crippen molar-refractivity contribution in [3.8, 4) is 22.4 Å². The Morgan fingerprint density at radius 1 is 0.912 bits per heavy atom. The van der Waals surface area contributed by atoms with E-state index in [1.54, 1.807) is 48.5 Å². The Labute approximate surface area is 194 Å². The van der Waals surface area contributed by atoms with E-state index in [0.29, 0.717) is 28.1 Å². The lowest BCUT2D eigenvalue weighted by Crippen LogP contribution is -2.34. The van der Waals surface area contributed by atoms with Gasteiger partial charge in [0.05, 0.1) is 12.8 Å². The van der Waals surface area contributed by atoms with Crippen molar-refractivity contribution in [1.29, 1.82) is 0 Å². The van der Waals surface area contributed by atoms with E-state index in [4.69, 9.17) is 4.74 Å². The number of nitrogens with one attached hydrogen (secondary N) is 1. The Hall–Kier alpha value is -4.59. The van der Waals surface area contributed by atoms with Crippen molar-refractivity contribution in [3.05, 3.63) is 107 Å². The summed E-state index contributed by atoms with van der Waals surface area (Å²) >= 11 is 0. The predicted octanol–water partition coefficient (Wildman–Crippen LogP) is 4.14. The van der Waals surface area contributed by atoms with Crippen molar-refractivity contribution in [1.82, 2.24) is 9.78 Å². The molecular formula is C26H20FN3O4. The summed E-state index contributed by atoms with van der Waals surface area (Å²) in [7, 11) is 1.19. The molecule has 170 valence electrons. The second-order valence-electron chi connectivity index (χ2n) is 7.34. The van der Waals surface area contributed by atoms with Crippen LogP contribution in [-0.2, 0) is 16.1 Å². The molecule has 0 fully saturated rings. The number of esters is 1. The average molecular weight is 457 g/mol. The molecule has 0 saturated heterocycles. The summed E-state index contributed by atoms with van der Waals surface area (Å²) in [5.41, 5.74) is 1.29. The Morgan fingerprint density at radius 2 is 1.50 bits per heavy atom. The minimum Gasteiger partial charge on any atom is -0.465 e. The highest BCUT2D eigenvalue weighted by molar-refractivity contribution is 6.01. The summed E-state index contributed by atoms with van der Waals surface area (Å²) in [6, 6.07) is 23.2. The summed E-state index contributed by atoms with van der Waals surface area (Å²) in [4.78, 5) is 38.8. The second kappa shape index (κ2) is 9.91. The summed E-state index contributed by atoms with van der Waals surface area (Å²) in [5, 5.41) is 7.06. The second-order valence-corrected chi connectivity index (χ2v) is 7.34. The fourth-order valence-electron chi connectivity index (χ4n) is 3.52. The van der Waals surface area contributed by atoms with Crippen LogP contribution in [0.3, 0.4) is 0 Å². The summed E-state index contributed by atoms with van der Waals surface area (Å²) in [6.45, 7) is -0.463. The SMILES string of the molecule is COC(=O)c1c(-c2ccccc2)c(-c2ccccc2)nn(CC(=O)Nc2ccc(F)cc2)c1=O. The molecule has 0 atom stereocenters. The van der Waals surface area contributed by atoms with Gasteiger partial charge in [-0.2, -0.15) is 5.10 Å². The van der Waals surface area contributed by atoms with Gasteiger partial charge in [0.1, 0.15) is 17.9 Å². The molecule has 0 unspecified atom stereocenters. The van der Waals surface area contributed by atoms with Gasteiger partial charge < -0.3 is 10.1 Å². The molecule has 0 aliphatic heterocycles. The van der Waals surface area contributed by atoms with Crippen LogP contribution in [0, 0.1) is 5.82 Å². The topological polar surface area (TPSA) is 90.3 Å². The fraction of sp³-hybridized carbons (Fsp3) is 0.0769. The van der Waals surface area contributed by atoms with Crippen LogP contribution >= 0.6 is 0 Å². The number of carbonyl (C=O) groups excluding carboxylic acids is 2. The van der Waals surface area contributed by atoms with Crippen molar-refractivity contribution in [2.45, 2.75) is 6.54 Å². The minimum atomic E-state index is -0.837. The lowest BCUT2D eigenvalue weighted by Gasteiger charge is -2.16. The van der Waals surface area contributed by atoms with Gasteiger partial charge in [0.2, 0.25) is 5.91 Å². The number of hydrogen-bond acceptors (Lipinski definition) is 5. The fourth-order valence-corrected chi connectivity index (χ4v) is 3.52. The molecule has 1 amide bonds. The Kier molecular flexibility index (Phi) is 6.59. The first-order chi connectivity index (χ1) is 16.5. The average Bonchev–Trinajstić information content (AvgIpc) is 2.87. The van der Waals surface area contributed by atoms with Gasteiger partial charge in [0.15, 0.2) is 0 Å². The lowest BCUT2D eigenvalue weighted by atomic mass is 9.95. The van der Waals surface area contributed by atoms with Crippen LogP contribution in [0.4, 0.5) is 10.1 Å². The van der Waals surface area contributed by atoms with Crippen LogP contribution in [-0.4, -0.2) is 28.8 Å². The number of carbonyl (C=O) groups is 2. The first-order valence-corrected chi connectivity index (χ1v) is 10.4. The van der Waals surface area contributed by atoms with Crippen LogP contribution in [0.2, 0.25) is 0 Å². The number of hydrogen-bond donors (Lipinski definition) is 1. The standard InChI is InChI=1S/C26H20FN3O4/c1-34-26(33)23-22(17-8-4-2-5-9-17)24(18-10-6-3-7-11-18)29-30(25(23)32)16-21(31)28-20-14-12-19(27)13-15-20/h2-15H,16H2,1H3,(H,28,31). The van der Waals surface area contributed by atoms with E-state index < -0.39 is 29.8 Å². The van der Waals surface area contributed by atoms with E-state index in [1.165, 1.54) is 31.4 Å². The number of benzene rings is 3. The van der Waals surface area contributed by atoms with Crippen molar-refractivity contribution < 1.29 is 18.7 Å². The van der Waals surface area contributed by atoms with Crippen LogP contribution in [0.25, 0.3) is 22.4 Å².